The lowest BCUT2D eigenvalue weighted by atomic mass is 9.75. The number of anilines is 2. The van der Waals surface area contributed by atoms with E-state index in [9.17, 15) is 4.79 Å². The number of hydrogen-bond donors (Lipinski definition) is 2. The fourth-order valence-electron chi connectivity index (χ4n) is 4.96. The third kappa shape index (κ3) is 3.60. The van der Waals surface area contributed by atoms with Gasteiger partial charge in [0.05, 0.1) is 23.9 Å². The average Bonchev–Trinajstić information content (AvgIpc) is 2.82. The number of rotatable bonds is 5. The quantitative estimate of drug-likeness (QED) is 0.738. The van der Waals surface area contributed by atoms with Crippen LogP contribution in [0.4, 0.5) is 11.4 Å². The Kier molecular flexibility index (Phi) is 5.87. The lowest BCUT2D eigenvalue weighted by molar-refractivity contribution is 0.0693. The molecule has 1 fully saturated rings. The molecule has 1 spiro atoms. The van der Waals surface area contributed by atoms with Crippen LogP contribution in [-0.2, 0) is 0 Å². The maximum absolute atomic E-state index is 13.4. The Balaban J connectivity index is 1.64. The van der Waals surface area contributed by atoms with Gasteiger partial charge in [0.1, 0.15) is 5.75 Å². The molecule has 1 saturated heterocycles. The molecule has 0 aliphatic carbocycles. The number of nitrogens with one attached hydrogen (secondary N) is 2. The molecule has 2 aliphatic rings. The van der Waals surface area contributed by atoms with Crippen molar-refractivity contribution in [3.8, 4) is 5.75 Å². The number of hydrogen-bond acceptors (Lipinski definition) is 5. The molecule has 1 amide bonds. The lowest BCUT2D eigenvalue weighted by Gasteiger charge is -2.48. The molecular weight excluding hydrogens is 400 g/mol. The van der Waals surface area contributed by atoms with Crippen LogP contribution in [0.2, 0.25) is 0 Å². The number of fused-ring (bicyclic) bond motifs is 1. The summed E-state index contributed by atoms with van der Waals surface area (Å²) >= 11 is 0. The number of para-hydroxylation sites is 1. The van der Waals surface area contributed by atoms with E-state index in [1.54, 1.807) is 7.11 Å². The molecule has 2 heterocycles. The van der Waals surface area contributed by atoms with Crippen LogP contribution >= 0.6 is 0 Å². The highest BCUT2D eigenvalue weighted by molar-refractivity contribution is 5.98. The van der Waals surface area contributed by atoms with Crippen LogP contribution in [0.5, 0.6) is 5.75 Å². The number of nitrogens with zero attached hydrogens (tertiary/aromatic N) is 2. The smallest absolute Gasteiger partial charge is 0.257 e. The first-order valence-corrected chi connectivity index (χ1v) is 11.0. The predicted octanol–water partition coefficient (Wildman–Crippen LogP) is 4.30. The van der Waals surface area contributed by atoms with Gasteiger partial charge in [-0.15, -0.1) is 0 Å². The van der Waals surface area contributed by atoms with Gasteiger partial charge in [-0.2, -0.15) is 0 Å². The Morgan fingerprint density at radius 3 is 2.56 bits per heavy atom. The second-order valence-electron chi connectivity index (χ2n) is 8.57. The molecule has 2 N–H and O–H groups in total. The largest absolute Gasteiger partial charge is 0.496 e. The van der Waals surface area contributed by atoms with E-state index in [1.807, 2.05) is 36.2 Å². The van der Waals surface area contributed by atoms with Gasteiger partial charge in [0.25, 0.3) is 5.91 Å². The van der Waals surface area contributed by atoms with Crippen molar-refractivity contribution in [2.24, 2.45) is 0 Å². The van der Waals surface area contributed by atoms with Gasteiger partial charge in [0, 0.05) is 56.7 Å². The summed E-state index contributed by atoms with van der Waals surface area (Å²) in [6.07, 6.45) is 3.59. The Bertz CT molecular complexity index is 1070. The molecule has 4 rings (SSSR count). The van der Waals surface area contributed by atoms with Crippen LogP contribution in [0.3, 0.4) is 0 Å². The van der Waals surface area contributed by atoms with Gasteiger partial charge in [-0.3, -0.25) is 4.79 Å². The molecule has 2 aromatic rings. The van der Waals surface area contributed by atoms with E-state index in [0.717, 1.165) is 24.2 Å². The summed E-state index contributed by atoms with van der Waals surface area (Å²) in [5.74, 6) is 0.600. The van der Waals surface area contributed by atoms with Gasteiger partial charge >= 0.3 is 0 Å². The van der Waals surface area contributed by atoms with Gasteiger partial charge in [-0.1, -0.05) is 30.9 Å². The first kappa shape index (κ1) is 21.8. The minimum absolute atomic E-state index is 0.00183. The van der Waals surface area contributed by atoms with Crippen molar-refractivity contribution in [3.05, 3.63) is 71.8 Å². The zero-order valence-electron chi connectivity index (χ0n) is 19.4. The third-order valence-corrected chi connectivity index (χ3v) is 6.60. The maximum Gasteiger partial charge on any atom is 0.257 e. The van der Waals surface area contributed by atoms with E-state index in [2.05, 4.69) is 60.5 Å². The summed E-state index contributed by atoms with van der Waals surface area (Å²) in [5.41, 5.74) is 5.94. The van der Waals surface area contributed by atoms with Crippen molar-refractivity contribution in [2.75, 3.05) is 52.0 Å². The Labute approximate surface area is 190 Å². The van der Waals surface area contributed by atoms with Gasteiger partial charge in [0.15, 0.2) is 0 Å². The normalized spacial score (nSPS) is 16.8. The molecule has 0 atom stereocenters. The average molecular weight is 433 g/mol. The summed E-state index contributed by atoms with van der Waals surface area (Å²) in [6.45, 7) is 5.46. The van der Waals surface area contributed by atoms with E-state index in [0.29, 0.717) is 24.4 Å². The zero-order valence-corrected chi connectivity index (χ0v) is 19.4. The standard InChI is InChI=1S/C26H32N4O2/c1-6-21-24(29(3)4)19-9-7-8-10-22(19)28-26(21)13-15-30(16-14-26)25(31)20-17-18(27-2)11-12-23(20)32-5/h6-12,17,27-28H,1,13-16H2,2-5H3. The second kappa shape index (κ2) is 8.61. The molecule has 0 bridgehead atoms. The minimum atomic E-state index is -0.247. The molecule has 32 heavy (non-hydrogen) atoms. The summed E-state index contributed by atoms with van der Waals surface area (Å²) in [5, 5.41) is 6.91. The molecule has 6 heteroatoms. The first-order chi connectivity index (χ1) is 15.4. The van der Waals surface area contributed by atoms with Crippen molar-refractivity contribution in [2.45, 2.75) is 18.4 Å². The number of carbonyl (C=O) groups is 1. The zero-order chi connectivity index (χ0) is 22.9. The molecular formula is C26H32N4O2. The number of benzene rings is 2. The molecule has 2 aromatic carbocycles. The maximum atomic E-state index is 13.4. The summed E-state index contributed by atoms with van der Waals surface area (Å²) < 4.78 is 5.47. The number of carbonyl (C=O) groups excluding carboxylic acids is 1. The van der Waals surface area contributed by atoms with Crippen LogP contribution in [-0.4, -0.2) is 62.6 Å². The SMILES string of the molecule is C=CC1=C(N(C)C)c2ccccc2NC12CCN(C(=O)c1cc(NC)ccc1OC)CC2. The highest BCUT2D eigenvalue weighted by Gasteiger charge is 2.43. The molecule has 6 nitrogen and oxygen atoms in total. The molecule has 0 unspecified atom stereocenters. The van der Waals surface area contributed by atoms with Crippen molar-refractivity contribution >= 4 is 23.0 Å². The Morgan fingerprint density at radius 2 is 1.94 bits per heavy atom. The number of likely N-dealkylation sites (tertiary alicyclic amines) is 1. The topological polar surface area (TPSA) is 56.8 Å². The molecule has 2 aliphatic heterocycles. The van der Waals surface area contributed by atoms with Crippen LogP contribution in [0.25, 0.3) is 5.70 Å². The highest BCUT2D eigenvalue weighted by Crippen LogP contribution is 2.45. The third-order valence-electron chi connectivity index (χ3n) is 6.60. The van der Waals surface area contributed by atoms with E-state index in [4.69, 9.17) is 4.74 Å². The predicted molar refractivity (Wildman–Crippen MR) is 131 cm³/mol. The minimum Gasteiger partial charge on any atom is -0.496 e. The van der Waals surface area contributed by atoms with Crippen LogP contribution in [0.15, 0.2) is 60.7 Å². The van der Waals surface area contributed by atoms with E-state index < -0.39 is 0 Å². The molecule has 168 valence electrons. The fourth-order valence-corrected chi connectivity index (χ4v) is 4.96. The number of methoxy groups -OCH3 is 1. The van der Waals surface area contributed by atoms with E-state index in [-0.39, 0.29) is 11.4 Å². The number of ether oxygens (including phenoxy) is 1. The second-order valence-corrected chi connectivity index (χ2v) is 8.57. The van der Waals surface area contributed by atoms with Crippen LogP contribution in [0, 0.1) is 0 Å². The Morgan fingerprint density at radius 1 is 1.22 bits per heavy atom. The molecule has 0 radical (unpaired) electrons. The monoisotopic (exact) mass is 432 g/mol. The Hall–Kier alpha value is -3.41. The van der Waals surface area contributed by atoms with Gasteiger partial charge < -0.3 is 25.2 Å². The number of amides is 1. The van der Waals surface area contributed by atoms with Crippen molar-refractivity contribution < 1.29 is 9.53 Å². The number of piperidine rings is 1. The van der Waals surface area contributed by atoms with Gasteiger partial charge in [-0.25, -0.2) is 0 Å². The fraction of sp³-hybridized carbons (Fsp3) is 0.346. The van der Waals surface area contributed by atoms with Crippen molar-refractivity contribution in [1.29, 1.82) is 0 Å². The van der Waals surface area contributed by atoms with Crippen LogP contribution in [0.1, 0.15) is 28.8 Å². The molecule has 0 saturated carbocycles. The van der Waals surface area contributed by atoms with Gasteiger partial charge in [-0.05, 0) is 37.1 Å². The summed E-state index contributed by atoms with van der Waals surface area (Å²) in [6, 6.07) is 14.0. The van der Waals surface area contributed by atoms with E-state index in [1.165, 1.54) is 16.8 Å². The van der Waals surface area contributed by atoms with Crippen molar-refractivity contribution in [1.82, 2.24) is 9.80 Å². The summed E-state index contributed by atoms with van der Waals surface area (Å²) in [7, 11) is 7.60. The summed E-state index contributed by atoms with van der Waals surface area (Å²) in [4.78, 5) is 17.5. The van der Waals surface area contributed by atoms with Crippen LogP contribution < -0.4 is 15.4 Å². The van der Waals surface area contributed by atoms with Crippen molar-refractivity contribution in [3.63, 3.8) is 0 Å². The molecule has 0 aromatic heterocycles. The lowest BCUT2D eigenvalue weighted by Crippen LogP contribution is -2.53. The van der Waals surface area contributed by atoms with Gasteiger partial charge in [0.2, 0.25) is 0 Å². The first-order valence-electron chi connectivity index (χ1n) is 11.0. The highest BCUT2D eigenvalue weighted by atomic mass is 16.5. The van der Waals surface area contributed by atoms with E-state index >= 15 is 0 Å².